The Labute approximate surface area is 139 Å². The minimum Gasteiger partial charge on any atom is -0.322 e. The Morgan fingerprint density at radius 1 is 1.25 bits per heavy atom. The molecule has 3 aromatic rings. The van der Waals surface area contributed by atoms with Crippen molar-refractivity contribution in [3.63, 3.8) is 0 Å². The van der Waals surface area contributed by atoms with Crippen LogP contribution in [0.15, 0.2) is 30.5 Å². The van der Waals surface area contributed by atoms with E-state index < -0.39 is 11.7 Å². The van der Waals surface area contributed by atoms with Gasteiger partial charge in [-0.05, 0) is 30.5 Å². The van der Waals surface area contributed by atoms with Gasteiger partial charge in [0.05, 0.1) is 16.6 Å². The van der Waals surface area contributed by atoms with Crippen molar-refractivity contribution in [2.45, 2.75) is 26.7 Å². The quantitative estimate of drug-likeness (QED) is 0.796. The lowest BCUT2D eigenvalue weighted by Gasteiger charge is -2.09. The van der Waals surface area contributed by atoms with Gasteiger partial charge in [-0.3, -0.25) is 9.48 Å². The summed E-state index contributed by atoms with van der Waals surface area (Å²) in [5, 5.41) is 7.13. The van der Waals surface area contributed by atoms with Crippen molar-refractivity contribution in [3.05, 3.63) is 53.1 Å². The molecule has 0 aliphatic carbocycles. The maximum Gasteiger partial charge on any atom is 0.260 e. The van der Waals surface area contributed by atoms with E-state index in [2.05, 4.69) is 29.2 Å². The molecule has 5 nitrogen and oxygen atoms in total. The summed E-state index contributed by atoms with van der Waals surface area (Å²) in [5.74, 6) is -0.711. The average molecular weight is 326 g/mol. The fourth-order valence-corrected chi connectivity index (χ4v) is 2.68. The standard InChI is InChI=1S/C18H19FN4O/c1-10(2)12-5-7-13(8-6-12)21-18(24)14-9-20-17-15(16(14)19)11(3)22-23(17)4/h5-10H,1-4H3,(H,21,24). The number of rotatable bonds is 3. The van der Waals surface area contributed by atoms with Gasteiger partial charge < -0.3 is 5.32 Å². The molecule has 0 saturated heterocycles. The fourth-order valence-electron chi connectivity index (χ4n) is 2.68. The Bertz CT molecular complexity index is 913. The Morgan fingerprint density at radius 2 is 1.92 bits per heavy atom. The minimum absolute atomic E-state index is 0.0912. The topological polar surface area (TPSA) is 59.8 Å². The molecule has 124 valence electrons. The van der Waals surface area contributed by atoms with E-state index in [1.165, 1.54) is 16.4 Å². The van der Waals surface area contributed by atoms with Crippen LogP contribution in [0.2, 0.25) is 0 Å². The van der Waals surface area contributed by atoms with Gasteiger partial charge in [0, 0.05) is 18.9 Å². The molecule has 2 aromatic heterocycles. The predicted molar refractivity (Wildman–Crippen MR) is 91.7 cm³/mol. The molecule has 1 aromatic carbocycles. The van der Waals surface area contributed by atoms with Gasteiger partial charge in [-0.15, -0.1) is 0 Å². The molecule has 1 N–H and O–H groups in total. The van der Waals surface area contributed by atoms with Crippen LogP contribution in [0, 0.1) is 12.7 Å². The van der Waals surface area contributed by atoms with Crippen molar-refractivity contribution < 1.29 is 9.18 Å². The van der Waals surface area contributed by atoms with Crippen LogP contribution in [0.1, 0.15) is 41.4 Å². The summed E-state index contributed by atoms with van der Waals surface area (Å²) < 4.78 is 16.2. The summed E-state index contributed by atoms with van der Waals surface area (Å²) in [6.45, 7) is 5.89. The molecule has 0 unspecified atom stereocenters. The molecule has 6 heteroatoms. The van der Waals surface area contributed by atoms with Gasteiger partial charge in [0.25, 0.3) is 5.91 Å². The predicted octanol–water partition coefficient (Wildman–Crippen LogP) is 3.79. The van der Waals surface area contributed by atoms with Crippen molar-refractivity contribution in [1.29, 1.82) is 0 Å². The van der Waals surface area contributed by atoms with Gasteiger partial charge >= 0.3 is 0 Å². The zero-order valence-corrected chi connectivity index (χ0v) is 14.1. The molecule has 0 bridgehead atoms. The Balaban J connectivity index is 1.91. The van der Waals surface area contributed by atoms with E-state index in [0.717, 1.165) is 0 Å². The van der Waals surface area contributed by atoms with Crippen molar-refractivity contribution >= 4 is 22.6 Å². The molecule has 0 fully saturated rings. The van der Waals surface area contributed by atoms with Gasteiger partial charge in [0.15, 0.2) is 5.65 Å². The number of aryl methyl sites for hydroxylation is 2. The SMILES string of the molecule is Cc1nn(C)c2ncc(C(=O)Nc3ccc(C(C)C)cc3)c(F)c12. The number of hydrogen-bond donors (Lipinski definition) is 1. The number of benzene rings is 1. The van der Waals surface area contributed by atoms with Crippen molar-refractivity contribution in [3.8, 4) is 0 Å². The van der Waals surface area contributed by atoms with Crippen LogP contribution in [0.25, 0.3) is 11.0 Å². The molecule has 0 saturated carbocycles. The van der Waals surface area contributed by atoms with E-state index in [1.807, 2.05) is 24.3 Å². The fraction of sp³-hybridized carbons (Fsp3) is 0.278. The second kappa shape index (κ2) is 6.03. The maximum absolute atomic E-state index is 14.7. The molecule has 0 atom stereocenters. The van der Waals surface area contributed by atoms with Gasteiger partial charge in [-0.25, -0.2) is 9.37 Å². The van der Waals surface area contributed by atoms with Crippen molar-refractivity contribution in [2.24, 2.45) is 7.05 Å². The number of hydrogen-bond acceptors (Lipinski definition) is 3. The second-order valence-corrected chi connectivity index (χ2v) is 6.12. The average Bonchev–Trinajstić information content (AvgIpc) is 2.83. The zero-order chi connectivity index (χ0) is 17.4. The van der Waals surface area contributed by atoms with Crippen LogP contribution >= 0.6 is 0 Å². The number of nitrogens with zero attached hydrogens (tertiary/aromatic N) is 3. The lowest BCUT2D eigenvalue weighted by molar-refractivity contribution is 0.102. The molecule has 0 aliphatic rings. The lowest BCUT2D eigenvalue weighted by Crippen LogP contribution is -2.14. The van der Waals surface area contributed by atoms with Gasteiger partial charge in [0.2, 0.25) is 0 Å². The van der Waals surface area contributed by atoms with Crippen LogP contribution in [0.3, 0.4) is 0 Å². The molecule has 1 amide bonds. The summed E-state index contributed by atoms with van der Waals surface area (Å²) in [7, 11) is 1.69. The summed E-state index contributed by atoms with van der Waals surface area (Å²) in [5.41, 5.74) is 2.63. The molecular formula is C18H19FN4O. The summed E-state index contributed by atoms with van der Waals surface area (Å²) in [6, 6.07) is 7.52. The molecule has 0 spiro atoms. The largest absolute Gasteiger partial charge is 0.322 e. The number of amides is 1. The van der Waals surface area contributed by atoms with Crippen LogP contribution < -0.4 is 5.32 Å². The highest BCUT2D eigenvalue weighted by Crippen LogP contribution is 2.23. The number of carbonyl (C=O) groups excluding carboxylic acids is 1. The molecule has 24 heavy (non-hydrogen) atoms. The summed E-state index contributed by atoms with van der Waals surface area (Å²) >= 11 is 0. The van der Waals surface area contributed by atoms with Crippen LogP contribution in [0.4, 0.5) is 10.1 Å². The number of anilines is 1. The highest BCUT2D eigenvalue weighted by Gasteiger charge is 2.20. The van der Waals surface area contributed by atoms with Crippen LogP contribution in [-0.4, -0.2) is 20.7 Å². The van der Waals surface area contributed by atoms with E-state index in [0.29, 0.717) is 22.9 Å². The number of nitrogens with one attached hydrogen (secondary N) is 1. The van der Waals surface area contributed by atoms with Gasteiger partial charge in [-0.1, -0.05) is 26.0 Å². The zero-order valence-electron chi connectivity index (χ0n) is 14.1. The molecule has 2 heterocycles. The monoisotopic (exact) mass is 326 g/mol. The first-order valence-corrected chi connectivity index (χ1v) is 7.77. The van der Waals surface area contributed by atoms with E-state index in [1.54, 1.807) is 14.0 Å². The number of fused-ring (bicyclic) bond motifs is 1. The van der Waals surface area contributed by atoms with E-state index >= 15 is 0 Å². The molecule has 3 rings (SSSR count). The van der Waals surface area contributed by atoms with Crippen molar-refractivity contribution in [1.82, 2.24) is 14.8 Å². The Morgan fingerprint density at radius 3 is 2.54 bits per heavy atom. The van der Waals surface area contributed by atoms with E-state index in [4.69, 9.17) is 0 Å². The Kier molecular flexibility index (Phi) is 4.05. The first-order valence-electron chi connectivity index (χ1n) is 7.77. The first kappa shape index (κ1) is 16.1. The van der Waals surface area contributed by atoms with Crippen LogP contribution in [-0.2, 0) is 7.05 Å². The number of halogens is 1. The third-order valence-corrected chi connectivity index (χ3v) is 4.04. The number of pyridine rings is 1. The Hall–Kier alpha value is -2.76. The smallest absolute Gasteiger partial charge is 0.260 e. The number of aromatic nitrogens is 3. The molecule has 0 radical (unpaired) electrons. The third kappa shape index (κ3) is 2.75. The van der Waals surface area contributed by atoms with Crippen molar-refractivity contribution in [2.75, 3.05) is 5.32 Å². The third-order valence-electron chi connectivity index (χ3n) is 4.04. The van der Waals surface area contributed by atoms with E-state index in [-0.39, 0.29) is 10.9 Å². The highest BCUT2D eigenvalue weighted by atomic mass is 19.1. The normalized spacial score (nSPS) is 11.2. The highest BCUT2D eigenvalue weighted by molar-refractivity contribution is 6.06. The molecule has 0 aliphatic heterocycles. The summed E-state index contributed by atoms with van der Waals surface area (Å²) in [4.78, 5) is 16.6. The summed E-state index contributed by atoms with van der Waals surface area (Å²) in [6.07, 6.45) is 1.25. The second-order valence-electron chi connectivity index (χ2n) is 6.12. The maximum atomic E-state index is 14.7. The van der Waals surface area contributed by atoms with Crippen LogP contribution in [0.5, 0.6) is 0 Å². The van der Waals surface area contributed by atoms with Gasteiger partial charge in [0.1, 0.15) is 5.82 Å². The minimum atomic E-state index is -0.595. The van der Waals surface area contributed by atoms with E-state index in [9.17, 15) is 9.18 Å². The van der Waals surface area contributed by atoms with Gasteiger partial charge in [-0.2, -0.15) is 5.10 Å². The lowest BCUT2D eigenvalue weighted by atomic mass is 10.0. The molecular weight excluding hydrogens is 307 g/mol. The first-order chi connectivity index (χ1) is 11.4. The number of carbonyl (C=O) groups is 1.